The van der Waals surface area contributed by atoms with Gasteiger partial charge in [-0.05, 0) is 55.8 Å². The van der Waals surface area contributed by atoms with Crippen molar-refractivity contribution in [2.75, 3.05) is 25.5 Å². The third kappa shape index (κ3) is 4.78. The van der Waals surface area contributed by atoms with E-state index in [2.05, 4.69) is 25.6 Å². The highest BCUT2D eigenvalue weighted by Crippen LogP contribution is 2.24. The first-order valence-corrected chi connectivity index (χ1v) is 9.91. The maximum atomic E-state index is 5.89. The molecule has 1 aliphatic heterocycles. The van der Waals surface area contributed by atoms with Gasteiger partial charge in [-0.3, -0.25) is 4.99 Å². The fourth-order valence-corrected chi connectivity index (χ4v) is 3.50. The number of piperidine rings is 1. The van der Waals surface area contributed by atoms with Gasteiger partial charge in [0.2, 0.25) is 0 Å². The highest BCUT2D eigenvalue weighted by molar-refractivity contribution is 6.15. The second-order valence-electron chi connectivity index (χ2n) is 6.98. The van der Waals surface area contributed by atoms with Crippen molar-refractivity contribution in [2.45, 2.75) is 18.9 Å². The van der Waals surface area contributed by atoms with E-state index in [1.165, 1.54) is 0 Å². The van der Waals surface area contributed by atoms with E-state index in [4.69, 9.17) is 4.74 Å². The van der Waals surface area contributed by atoms with Crippen molar-refractivity contribution in [1.29, 1.82) is 0 Å². The Labute approximate surface area is 171 Å². The molecule has 0 spiro atoms. The maximum absolute atomic E-state index is 5.89. The second-order valence-corrected chi connectivity index (χ2v) is 6.98. The average Bonchev–Trinajstić information content (AvgIpc) is 2.78. The summed E-state index contributed by atoms with van der Waals surface area (Å²) in [5.41, 5.74) is 2.74. The zero-order chi connectivity index (χ0) is 19.9. The van der Waals surface area contributed by atoms with E-state index in [-0.39, 0.29) is 0 Å². The summed E-state index contributed by atoms with van der Waals surface area (Å²) >= 11 is 0. The molecule has 4 rings (SSSR count). The zero-order valence-electron chi connectivity index (χ0n) is 16.5. The molecule has 1 aromatic heterocycles. The molecule has 2 heterocycles. The Hall–Kier alpha value is -3.25. The lowest BCUT2D eigenvalue weighted by molar-refractivity contribution is 0.479. The lowest BCUT2D eigenvalue weighted by Crippen LogP contribution is -2.39. The van der Waals surface area contributed by atoms with E-state index in [1.807, 2.05) is 60.8 Å². The predicted octanol–water partition coefficient (Wildman–Crippen LogP) is 3.90. The second kappa shape index (κ2) is 9.30. The summed E-state index contributed by atoms with van der Waals surface area (Å²) in [6, 6.07) is 18.0. The van der Waals surface area contributed by atoms with Crippen molar-refractivity contribution in [3.63, 3.8) is 0 Å². The molecule has 6 nitrogen and oxygen atoms in total. The van der Waals surface area contributed by atoms with Crippen molar-refractivity contribution in [1.82, 2.24) is 15.3 Å². The molecule has 0 radical (unpaired) electrons. The van der Waals surface area contributed by atoms with Crippen LogP contribution in [0.5, 0.6) is 11.5 Å². The molecular weight excluding hydrogens is 362 g/mol. The van der Waals surface area contributed by atoms with Gasteiger partial charge in [-0.2, -0.15) is 0 Å². The molecule has 0 bridgehead atoms. The van der Waals surface area contributed by atoms with Gasteiger partial charge < -0.3 is 15.4 Å². The maximum Gasteiger partial charge on any atom is 0.139 e. The summed E-state index contributed by atoms with van der Waals surface area (Å²) in [6.07, 6.45) is 5.69. The molecule has 1 saturated heterocycles. The number of rotatable bonds is 6. The number of hydrogen-bond acceptors (Lipinski definition) is 6. The third-order valence-corrected chi connectivity index (χ3v) is 4.94. The predicted molar refractivity (Wildman–Crippen MR) is 116 cm³/mol. The van der Waals surface area contributed by atoms with Crippen molar-refractivity contribution in [3.8, 4) is 11.5 Å². The summed E-state index contributed by atoms with van der Waals surface area (Å²) in [5, 5.41) is 6.98. The molecule has 1 atom stereocenters. The SMILES string of the molecule is CN=C(c1ccc(Oc2ccccc2)cc1)c1cncnc1N[C@@H]1CCCNC1. The van der Waals surface area contributed by atoms with Gasteiger partial charge in [0.05, 0.1) is 11.3 Å². The first-order valence-electron chi connectivity index (χ1n) is 9.91. The van der Waals surface area contributed by atoms with Crippen LogP contribution in [0.25, 0.3) is 0 Å². The number of anilines is 1. The van der Waals surface area contributed by atoms with Crippen LogP contribution in [-0.2, 0) is 0 Å². The summed E-state index contributed by atoms with van der Waals surface area (Å²) < 4.78 is 5.89. The van der Waals surface area contributed by atoms with Crippen molar-refractivity contribution in [3.05, 3.63) is 78.2 Å². The zero-order valence-corrected chi connectivity index (χ0v) is 16.5. The minimum atomic E-state index is 0.358. The van der Waals surface area contributed by atoms with Crippen LogP contribution in [0.4, 0.5) is 5.82 Å². The van der Waals surface area contributed by atoms with Crippen LogP contribution < -0.4 is 15.4 Å². The molecule has 1 fully saturated rings. The molecule has 29 heavy (non-hydrogen) atoms. The van der Waals surface area contributed by atoms with E-state index < -0.39 is 0 Å². The van der Waals surface area contributed by atoms with Gasteiger partial charge in [-0.1, -0.05) is 18.2 Å². The normalized spacial score (nSPS) is 17.0. The molecule has 3 aromatic rings. The fraction of sp³-hybridized carbons (Fsp3) is 0.261. The number of ether oxygens (including phenoxy) is 1. The lowest BCUT2D eigenvalue weighted by atomic mass is 10.0. The average molecular weight is 387 g/mol. The van der Waals surface area contributed by atoms with Crippen LogP contribution in [0.1, 0.15) is 24.0 Å². The quantitative estimate of drug-likeness (QED) is 0.628. The Kier molecular flexibility index (Phi) is 6.12. The standard InChI is InChI=1S/C23H25N5O/c1-24-22(17-9-11-20(12-10-17)29-19-7-3-2-4-8-19)21-15-26-16-27-23(21)28-18-6-5-13-25-14-18/h2-4,7-12,15-16,18,25H,5-6,13-14H2,1H3,(H,26,27,28)/t18-/m1/s1. The Balaban J connectivity index is 1.54. The molecule has 0 unspecified atom stereocenters. The summed E-state index contributed by atoms with van der Waals surface area (Å²) in [7, 11) is 1.79. The van der Waals surface area contributed by atoms with Gasteiger partial charge in [-0.25, -0.2) is 9.97 Å². The van der Waals surface area contributed by atoms with Gasteiger partial charge in [0.15, 0.2) is 0 Å². The monoisotopic (exact) mass is 387 g/mol. The van der Waals surface area contributed by atoms with Crippen LogP contribution in [0.15, 0.2) is 72.1 Å². The van der Waals surface area contributed by atoms with Gasteiger partial charge in [0, 0.05) is 31.4 Å². The van der Waals surface area contributed by atoms with Gasteiger partial charge in [-0.15, -0.1) is 0 Å². The van der Waals surface area contributed by atoms with Crippen LogP contribution in [0, 0.1) is 0 Å². The minimum absolute atomic E-state index is 0.358. The molecule has 0 aliphatic carbocycles. The molecule has 6 heteroatoms. The van der Waals surface area contributed by atoms with Gasteiger partial charge >= 0.3 is 0 Å². The van der Waals surface area contributed by atoms with Crippen molar-refractivity contribution < 1.29 is 4.74 Å². The minimum Gasteiger partial charge on any atom is -0.457 e. The highest BCUT2D eigenvalue weighted by atomic mass is 16.5. The molecule has 0 amide bonds. The number of nitrogens with zero attached hydrogens (tertiary/aromatic N) is 3. The Morgan fingerprint density at radius 3 is 2.62 bits per heavy atom. The van der Waals surface area contributed by atoms with E-state index >= 15 is 0 Å². The Morgan fingerprint density at radius 2 is 1.90 bits per heavy atom. The van der Waals surface area contributed by atoms with E-state index in [9.17, 15) is 0 Å². The first kappa shape index (κ1) is 19.1. The van der Waals surface area contributed by atoms with E-state index in [1.54, 1.807) is 13.4 Å². The lowest BCUT2D eigenvalue weighted by Gasteiger charge is -2.25. The fourth-order valence-electron chi connectivity index (χ4n) is 3.50. The van der Waals surface area contributed by atoms with Crippen LogP contribution in [-0.4, -0.2) is 41.9 Å². The summed E-state index contributed by atoms with van der Waals surface area (Å²) in [5.74, 6) is 2.42. The summed E-state index contributed by atoms with van der Waals surface area (Å²) in [6.45, 7) is 2.02. The Morgan fingerprint density at radius 1 is 1.10 bits per heavy atom. The number of aliphatic imine (C=N–C) groups is 1. The smallest absolute Gasteiger partial charge is 0.139 e. The molecule has 2 N–H and O–H groups in total. The molecule has 2 aromatic carbocycles. The van der Waals surface area contributed by atoms with Crippen LogP contribution in [0.2, 0.25) is 0 Å². The van der Waals surface area contributed by atoms with Gasteiger partial charge in [0.25, 0.3) is 0 Å². The molecule has 1 aliphatic rings. The van der Waals surface area contributed by atoms with E-state index in [0.717, 1.165) is 60.1 Å². The van der Waals surface area contributed by atoms with Crippen molar-refractivity contribution >= 4 is 11.5 Å². The molecular formula is C23H25N5O. The van der Waals surface area contributed by atoms with Crippen molar-refractivity contribution in [2.24, 2.45) is 4.99 Å². The number of para-hydroxylation sites is 1. The molecule has 148 valence electrons. The van der Waals surface area contributed by atoms with E-state index in [0.29, 0.717) is 6.04 Å². The van der Waals surface area contributed by atoms with Gasteiger partial charge in [0.1, 0.15) is 23.6 Å². The largest absolute Gasteiger partial charge is 0.457 e. The number of benzene rings is 2. The topological polar surface area (TPSA) is 71.4 Å². The van der Waals surface area contributed by atoms with Crippen LogP contribution >= 0.6 is 0 Å². The molecule has 0 saturated carbocycles. The number of nitrogens with one attached hydrogen (secondary N) is 2. The highest BCUT2D eigenvalue weighted by Gasteiger charge is 2.18. The Bertz CT molecular complexity index is 951. The number of aromatic nitrogens is 2. The van der Waals surface area contributed by atoms with Crippen LogP contribution in [0.3, 0.4) is 0 Å². The number of hydrogen-bond donors (Lipinski definition) is 2. The third-order valence-electron chi connectivity index (χ3n) is 4.94. The first-order chi connectivity index (χ1) is 14.3. The summed E-state index contributed by atoms with van der Waals surface area (Å²) in [4.78, 5) is 13.3.